The maximum absolute atomic E-state index is 13.0. The minimum Gasteiger partial charge on any atom is -0.489 e. The molecule has 0 heterocycles. The van der Waals surface area contributed by atoms with Crippen LogP contribution in [0.1, 0.15) is 95.2 Å². The number of ketones is 1. The van der Waals surface area contributed by atoms with Crippen molar-refractivity contribution in [1.29, 1.82) is 0 Å². The third-order valence-corrected chi connectivity index (χ3v) is 10.5. The lowest BCUT2D eigenvalue weighted by Crippen LogP contribution is -2.34. The van der Waals surface area contributed by atoms with E-state index in [1.807, 2.05) is 0 Å². The minimum absolute atomic E-state index is 0.149. The van der Waals surface area contributed by atoms with Crippen LogP contribution in [0.4, 0.5) is 0 Å². The molecule has 0 aliphatic heterocycles. The lowest BCUT2D eigenvalue weighted by atomic mass is 9.84. The van der Waals surface area contributed by atoms with Gasteiger partial charge in [-0.05, 0) is 116 Å². The molecule has 0 spiro atoms. The minimum atomic E-state index is -0.149. The summed E-state index contributed by atoms with van der Waals surface area (Å²) in [6, 6.07) is 34.6. The molecule has 3 unspecified atom stereocenters. The molecule has 2 aliphatic rings. The van der Waals surface area contributed by atoms with Gasteiger partial charge in [0.25, 0.3) is 0 Å². The molecule has 0 bridgehead atoms. The standard InChI is InChI=1S/C44H51NO4/c1-32-28-40(32)44(47)38-23-24-39-37(30-38)17-11-18-41(39)45(26-9-8-20-43(46)48-2)27-25-36-16-6-7-19-42(36)49-31-35-15-10-14-34(29-35)22-21-33-12-4-3-5-13-33/h3-7,10,12-16,19,23-24,29-30,32,40-41H,8-9,11,17-18,20-22,25-28,31H2,1-2H3. The van der Waals surface area contributed by atoms with Gasteiger partial charge in [-0.3, -0.25) is 14.5 Å². The number of carbonyl (C=O) groups excluding carboxylic acids is 2. The van der Waals surface area contributed by atoms with Crippen molar-refractivity contribution >= 4 is 11.8 Å². The second kappa shape index (κ2) is 16.9. The average molecular weight is 658 g/mol. The van der Waals surface area contributed by atoms with Gasteiger partial charge in [0.1, 0.15) is 12.4 Å². The largest absolute Gasteiger partial charge is 0.489 e. The van der Waals surface area contributed by atoms with Gasteiger partial charge >= 0.3 is 5.97 Å². The Morgan fingerprint density at radius 3 is 2.37 bits per heavy atom. The Balaban J connectivity index is 1.12. The number of para-hydroxylation sites is 1. The van der Waals surface area contributed by atoms with Crippen molar-refractivity contribution in [2.24, 2.45) is 11.8 Å². The molecule has 2 aliphatic carbocycles. The second-order valence-corrected chi connectivity index (χ2v) is 14.0. The molecule has 49 heavy (non-hydrogen) atoms. The fourth-order valence-electron chi connectivity index (χ4n) is 7.42. The molecule has 5 nitrogen and oxygen atoms in total. The van der Waals surface area contributed by atoms with Gasteiger partial charge in [0.05, 0.1) is 7.11 Å². The highest BCUT2D eigenvalue weighted by Crippen LogP contribution is 2.41. The molecule has 0 N–H and O–H groups in total. The number of ether oxygens (including phenoxy) is 2. The van der Waals surface area contributed by atoms with Crippen LogP contribution >= 0.6 is 0 Å². The van der Waals surface area contributed by atoms with E-state index in [0.29, 0.717) is 24.7 Å². The fraction of sp³-hybridized carbons (Fsp3) is 0.409. The molecule has 0 aromatic heterocycles. The van der Waals surface area contributed by atoms with Crippen LogP contribution in [0.15, 0.2) is 97.1 Å². The van der Waals surface area contributed by atoms with Crippen LogP contribution in [-0.2, 0) is 41.8 Å². The van der Waals surface area contributed by atoms with Crippen molar-refractivity contribution in [3.8, 4) is 5.75 Å². The van der Waals surface area contributed by atoms with E-state index in [0.717, 1.165) is 82.2 Å². The van der Waals surface area contributed by atoms with Crippen molar-refractivity contribution in [1.82, 2.24) is 4.90 Å². The van der Waals surface area contributed by atoms with E-state index in [4.69, 9.17) is 9.47 Å². The highest BCUT2D eigenvalue weighted by molar-refractivity contribution is 5.99. The highest BCUT2D eigenvalue weighted by atomic mass is 16.5. The summed E-state index contributed by atoms with van der Waals surface area (Å²) in [4.78, 5) is 27.5. The van der Waals surface area contributed by atoms with Gasteiger partial charge in [0.2, 0.25) is 0 Å². The van der Waals surface area contributed by atoms with Crippen molar-refractivity contribution in [3.05, 3.63) is 136 Å². The molecule has 4 aromatic rings. The summed E-state index contributed by atoms with van der Waals surface area (Å²) in [6.07, 6.45) is 9.32. The number of hydrogen-bond acceptors (Lipinski definition) is 5. The van der Waals surface area contributed by atoms with Gasteiger partial charge in [-0.1, -0.05) is 91.9 Å². The maximum atomic E-state index is 13.0. The number of unbranched alkanes of at least 4 members (excludes halogenated alkanes) is 1. The van der Waals surface area contributed by atoms with Crippen molar-refractivity contribution in [3.63, 3.8) is 0 Å². The van der Waals surface area contributed by atoms with E-state index in [1.165, 1.54) is 40.5 Å². The summed E-state index contributed by atoms with van der Waals surface area (Å²) in [5.74, 6) is 1.81. The Morgan fingerprint density at radius 1 is 0.796 bits per heavy atom. The molecule has 4 aromatic carbocycles. The number of methoxy groups -OCH3 is 1. The van der Waals surface area contributed by atoms with E-state index >= 15 is 0 Å². The molecule has 3 atom stereocenters. The van der Waals surface area contributed by atoms with Crippen LogP contribution in [-0.4, -0.2) is 36.9 Å². The Kier molecular flexibility index (Phi) is 12.0. The number of fused-ring (bicyclic) bond motifs is 1. The molecular formula is C44H51NO4. The van der Waals surface area contributed by atoms with Crippen molar-refractivity contribution in [2.45, 2.75) is 83.8 Å². The van der Waals surface area contributed by atoms with Crippen LogP contribution in [0, 0.1) is 11.8 Å². The summed E-state index contributed by atoms with van der Waals surface area (Å²) in [6.45, 7) is 4.49. The fourth-order valence-corrected chi connectivity index (χ4v) is 7.42. The summed E-state index contributed by atoms with van der Waals surface area (Å²) in [5, 5.41) is 0. The van der Waals surface area contributed by atoms with Crippen LogP contribution in [0.5, 0.6) is 5.75 Å². The zero-order chi connectivity index (χ0) is 34.0. The smallest absolute Gasteiger partial charge is 0.305 e. The number of aryl methyl sites for hydroxylation is 3. The summed E-state index contributed by atoms with van der Waals surface area (Å²) in [5.41, 5.74) is 8.63. The number of benzene rings is 4. The molecule has 1 saturated carbocycles. The van der Waals surface area contributed by atoms with Gasteiger partial charge in [-0.2, -0.15) is 0 Å². The maximum Gasteiger partial charge on any atom is 0.305 e. The molecule has 0 amide bonds. The van der Waals surface area contributed by atoms with E-state index < -0.39 is 0 Å². The lowest BCUT2D eigenvalue weighted by molar-refractivity contribution is -0.140. The Bertz CT molecular complexity index is 1700. The first-order valence-corrected chi connectivity index (χ1v) is 18.3. The zero-order valence-electron chi connectivity index (χ0n) is 29.2. The molecule has 1 fully saturated rings. The summed E-state index contributed by atoms with van der Waals surface area (Å²) in [7, 11) is 1.46. The van der Waals surface area contributed by atoms with Crippen LogP contribution in [0.25, 0.3) is 0 Å². The van der Waals surface area contributed by atoms with Gasteiger partial charge in [0.15, 0.2) is 5.78 Å². The number of hydrogen-bond donors (Lipinski definition) is 0. The number of carbonyl (C=O) groups is 2. The topological polar surface area (TPSA) is 55.8 Å². The second-order valence-electron chi connectivity index (χ2n) is 14.0. The van der Waals surface area contributed by atoms with E-state index in [2.05, 4.69) is 109 Å². The van der Waals surface area contributed by atoms with E-state index in [1.54, 1.807) is 0 Å². The first-order valence-electron chi connectivity index (χ1n) is 18.3. The Hall–Kier alpha value is -4.22. The third kappa shape index (κ3) is 9.48. The average Bonchev–Trinajstić information content (AvgIpc) is 3.89. The molecule has 256 valence electrons. The van der Waals surface area contributed by atoms with E-state index in [-0.39, 0.29) is 17.9 Å². The normalized spacial score (nSPS) is 18.1. The zero-order valence-corrected chi connectivity index (χ0v) is 29.2. The predicted octanol–water partition coefficient (Wildman–Crippen LogP) is 9.15. The molecule has 5 heteroatoms. The SMILES string of the molecule is COC(=O)CCCCN(CCc1ccccc1OCc1cccc(CCc2ccccc2)c1)C1CCCc2cc(C(=O)C3CC3C)ccc21. The van der Waals surface area contributed by atoms with Crippen LogP contribution < -0.4 is 4.74 Å². The number of esters is 1. The summed E-state index contributed by atoms with van der Waals surface area (Å²) >= 11 is 0. The van der Waals surface area contributed by atoms with Crippen molar-refractivity contribution in [2.75, 3.05) is 20.2 Å². The molecule has 6 rings (SSSR count). The van der Waals surface area contributed by atoms with Gasteiger partial charge in [0, 0.05) is 30.5 Å². The van der Waals surface area contributed by atoms with Gasteiger partial charge in [-0.25, -0.2) is 0 Å². The number of nitrogens with zero attached hydrogens (tertiary/aromatic N) is 1. The van der Waals surface area contributed by atoms with Crippen LogP contribution in [0.3, 0.4) is 0 Å². The monoisotopic (exact) mass is 657 g/mol. The Labute approximate surface area is 292 Å². The predicted molar refractivity (Wildman–Crippen MR) is 196 cm³/mol. The Morgan fingerprint density at radius 2 is 1.55 bits per heavy atom. The quantitative estimate of drug-likeness (QED) is 0.0644. The van der Waals surface area contributed by atoms with Crippen LogP contribution in [0.2, 0.25) is 0 Å². The molecule has 0 radical (unpaired) electrons. The number of Topliss-reactive ketones (excluding diaryl/α,β-unsaturated/α-hetero) is 1. The van der Waals surface area contributed by atoms with Gasteiger partial charge in [-0.15, -0.1) is 0 Å². The molecule has 0 saturated heterocycles. The van der Waals surface area contributed by atoms with E-state index in [9.17, 15) is 9.59 Å². The number of rotatable bonds is 17. The third-order valence-electron chi connectivity index (χ3n) is 10.5. The first kappa shape index (κ1) is 34.6. The lowest BCUT2D eigenvalue weighted by Gasteiger charge is -2.36. The molecular weight excluding hydrogens is 606 g/mol. The van der Waals surface area contributed by atoms with Crippen molar-refractivity contribution < 1.29 is 19.1 Å². The first-order chi connectivity index (χ1) is 24.0. The summed E-state index contributed by atoms with van der Waals surface area (Å²) < 4.78 is 11.4. The van der Waals surface area contributed by atoms with Gasteiger partial charge < -0.3 is 9.47 Å². The highest BCUT2D eigenvalue weighted by Gasteiger charge is 2.39.